The van der Waals surface area contributed by atoms with Gasteiger partial charge in [0.05, 0.1) is 5.56 Å². The summed E-state index contributed by atoms with van der Waals surface area (Å²) < 4.78 is 45.3. The van der Waals surface area contributed by atoms with Gasteiger partial charge in [-0.05, 0) is 46.7 Å². The van der Waals surface area contributed by atoms with Gasteiger partial charge >= 0.3 is 18.2 Å². The highest BCUT2D eigenvalue weighted by Crippen LogP contribution is 2.44. The van der Waals surface area contributed by atoms with Crippen LogP contribution in [0.25, 0.3) is 11.1 Å². The summed E-state index contributed by atoms with van der Waals surface area (Å²) >= 11 is 0. The molecule has 1 N–H and O–H groups in total. The van der Waals surface area contributed by atoms with Crippen LogP contribution < -0.4 is 0 Å². The van der Waals surface area contributed by atoms with Crippen LogP contribution in [0, 0.1) is 0 Å². The summed E-state index contributed by atoms with van der Waals surface area (Å²) in [5.74, 6) is -1.51. The Morgan fingerprint density at radius 2 is 1.49 bits per heavy atom. The topological polar surface area (TPSA) is 66.8 Å². The zero-order chi connectivity index (χ0) is 25.2. The van der Waals surface area contributed by atoms with Crippen LogP contribution in [-0.4, -0.2) is 41.8 Å². The van der Waals surface area contributed by atoms with Gasteiger partial charge in [-0.3, -0.25) is 4.90 Å². The fourth-order valence-electron chi connectivity index (χ4n) is 4.61. The van der Waals surface area contributed by atoms with Crippen LogP contribution in [0.2, 0.25) is 0 Å². The molecule has 1 aliphatic carbocycles. The van der Waals surface area contributed by atoms with Crippen molar-refractivity contribution in [1.29, 1.82) is 0 Å². The minimum atomic E-state index is -4.55. The number of aliphatic carboxylic acids is 1. The molecule has 0 aliphatic heterocycles. The third-order valence-corrected chi connectivity index (χ3v) is 6.39. The van der Waals surface area contributed by atoms with E-state index in [0.717, 1.165) is 33.2 Å². The smallest absolute Gasteiger partial charge is 0.416 e. The summed E-state index contributed by atoms with van der Waals surface area (Å²) in [4.78, 5) is 25.6. The lowest BCUT2D eigenvalue weighted by Gasteiger charge is -2.25. The average Bonchev–Trinajstić information content (AvgIpc) is 3.15. The van der Waals surface area contributed by atoms with Crippen LogP contribution >= 0.6 is 0 Å². The molecule has 0 radical (unpaired) electrons. The Morgan fingerprint density at radius 1 is 0.943 bits per heavy atom. The molecule has 0 fully saturated rings. The number of ether oxygens (including phenoxy) is 1. The first-order valence-corrected chi connectivity index (χ1v) is 11.1. The third-order valence-electron chi connectivity index (χ3n) is 6.39. The highest BCUT2D eigenvalue weighted by atomic mass is 19.4. The minimum Gasteiger partial charge on any atom is -0.480 e. The highest BCUT2D eigenvalue weighted by molar-refractivity contribution is 5.81. The van der Waals surface area contributed by atoms with E-state index in [9.17, 15) is 27.9 Å². The van der Waals surface area contributed by atoms with Gasteiger partial charge in [0.1, 0.15) is 12.6 Å². The molecule has 0 spiro atoms. The lowest BCUT2D eigenvalue weighted by Crippen LogP contribution is -2.43. The largest absolute Gasteiger partial charge is 0.480 e. The average molecular weight is 483 g/mol. The maximum atomic E-state index is 13.3. The molecule has 0 bridgehead atoms. The van der Waals surface area contributed by atoms with Crippen molar-refractivity contribution in [2.45, 2.75) is 31.0 Å². The predicted molar refractivity (Wildman–Crippen MR) is 124 cm³/mol. The monoisotopic (exact) mass is 483 g/mol. The van der Waals surface area contributed by atoms with E-state index in [1.807, 2.05) is 48.5 Å². The van der Waals surface area contributed by atoms with Crippen LogP contribution in [0.1, 0.15) is 34.6 Å². The first kappa shape index (κ1) is 24.3. The molecule has 3 aromatic carbocycles. The first-order valence-electron chi connectivity index (χ1n) is 11.1. The molecular weight excluding hydrogens is 459 g/mol. The lowest BCUT2D eigenvalue weighted by molar-refractivity contribution is -0.142. The van der Waals surface area contributed by atoms with Crippen molar-refractivity contribution < 1.29 is 32.6 Å². The van der Waals surface area contributed by atoms with Crippen LogP contribution in [0.5, 0.6) is 0 Å². The van der Waals surface area contributed by atoms with Gasteiger partial charge in [-0.2, -0.15) is 13.2 Å². The number of hydrogen-bond acceptors (Lipinski definition) is 3. The van der Waals surface area contributed by atoms with Crippen molar-refractivity contribution in [1.82, 2.24) is 4.90 Å². The van der Waals surface area contributed by atoms with Gasteiger partial charge in [-0.15, -0.1) is 0 Å². The fourth-order valence-corrected chi connectivity index (χ4v) is 4.61. The molecule has 182 valence electrons. The zero-order valence-electron chi connectivity index (χ0n) is 19.0. The summed E-state index contributed by atoms with van der Waals surface area (Å²) in [6, 6.07) is 19.3. The van der Waals surface area contributed by atoms with E-state index in [-0.39, 0.29) is 30.9 Å². The van der Waals surface area contributed by atoms with Crippen LogP contribution in [0.3, 0.4) is 0 Å². The van der Waals surface area contributed by atoms with Crippen molar-refractivity contribution in [2.75, 3.05) is 13.7 Å². The number of halogens is 3. The van der Waals surface area contributed by atoms with Crippen molar-refractivity contribution in [3.8, 4) is 11.1 Å². The number of aryl methyl sites for hydroxylation is 1. The molecule has 0 aromatic heterocycles. The molecule has 1 atom stereocenters. The van der Waals surface area contributed by atoms with E-state index in [1.54, 1.807) is 0 Å². The number of carboxylic acid groups (broad SMARTS) is 1. The summed E-state index contributed by atoms with van der Waals surface area (Å²) in [5.41, 5.74) is 3.32. The summed E-state index contributed by atoms with van der Waals surface area (Å²) in [6.07, 6.45) is -5.74. The van der Waals surface area contributed by atoms with E-state index in [4.69, 9.17) is 4.74 Å². The molecule has 0 saturated heterocycles. The first-order chi connectivity index (χ1) is 16.7. The molecular formula is C27H24F3NO4. The Kier molecular flexibility index (Phi) is 6.82. The quantitative estimate of drug-likeness (QED) is 0.450. The standard InChI is InChI=1S/C27H24F3NO4/c1-31(24(25(32)33)15-14-17-8-2-7-13-23(17)27(28,29)30)26(34)35-16-22-20-11-5-3-9-18(20)19-10-4-6-12-21(19)22/h2-13,22,24H,14-16H2,1H3,(H,32,33). The number of likely N-dealkylation sites (N-methyl/N-ethyl adjacent to an activating group) is 1. The third kappa shape index (κ3) is 5.01. The molecule has 1 amide bonds. The number of alkyl halides is 3. The number of fused-ring (bicyclic) bond motifs is 3. The van der Waals surface area contributed by atoms with Gasteiger partial charge in [0.15, 0.2) is 0 Å². The number of carboxylic acids is 1. The van der Waals surface area contributed by atoms with Crippen molar-refractivity contribution in [3.05, 3.63) is 95.1 Å². The van der Waals surface area contributed by atoms with Crippen LogP contribution in [0.4, 0.5) is 18.0 Å². The molecule has 1 aliphatic rings. The summed E-state index contributed by atoms with van der Waals surface area (Å²) in [7, 11) is 1.29. The molecule has 4 rings (SSSR count). The molecule has 35 heavy (non-hydrogen) atoms. The Bertz CT molecular complexity index is 1200. The van der Waals surface area contributed by atoms with Gasteiger partial charge < -0.3 is 9.84 Å². The van der Waals surface area contributed by atoms with Crippen molar-refractivity contribution in [2.24, 2.45) is 0 Å². The number of rotatable bonds is 7. The molecule has 3 aromatic rings. The molecule has 8 heteroatoms. The molecule has 0 heterocycles. The van der Waals surface area contributed by atoms with E-state index < -0.39 is 29.8 Å². The van der Waals surface area contributed by atoms with E-state index in [1.165, 1.54) is 25.2 Å². The SMILES string of the molecule is CN(C(=O)OCC1c2ccccc2-c2ccccc21)C(CCc1ccccc1C(F)(F)F)C(=O)O. The maximum Gasteiger partial charge on any atom is 0.416 e. The fraction of sp³-hybridized carbons (Fsp3) is 0.259. The van der Waals surface area contributed by atoms with Crippen molar-refractivity contribution in [3.63, 3.8) is 0 Å². The minimum absolute atomic E-state index is 0.0143. The Labute approximate surface area is 200 Å². The zero-order valence-corrected chi connectivity index (χ0v) is 19.0. The van der Waals surface area contributed by atoms with E-state index in [0.29, 0.717) is 0 Å². The Balaban J connectivity index is 1.45. The van der Waals surface area contributed by atoms with Gasteiger partial charge in [0.2, 0.25) is 0 Å². The lowest BCUT2D eigenvalue weighted by atomic mass is 9.98. The number of amides is 1. The molecule has 1 unspecified atom stereocenters. The Morgan fingerprint density at radius 3 is 2.06 bits per heavy atom. The van der Waals surface area contributed by atoms with Gasteiger partial charge in [0, 0.05) is 13.0 Å². The molecule has 0 saturated carbocycles. The number of hydrogen-bond donors (Lipinski definition) is 1. The number of carbonyl (C=O) groups excluding carboxylic acids is 1. The van der Waals surface area contributed by atoms with Crippen molar-refractivity contribution >= 4 is 12.1 Å². The normalized spacial score (nSPS) is 13.6. The van der Waals surface area contributed by atoms with Gasteiger partial charge in [-0.1, -0.05) is 66.7 Å². The number of benzene rings is 3. The summed E-state index contributed by atoms with van der Waals surface area (Å²) in [6.45, 7) is 0.0143. The second kappa shape index (κ2) is 9.82. The second-order valence-corrected chi connectivity index (χ2v) is 8.46. The van der Waals surface area contributed by atoms with Gasteiger partial charge in [-0.25, -0.2) is 9.59 Å². The second-order valence-electron chi connectivity index (χ2n) is 8.46. The number of carbonyl (C=O) groups is 2. The molecule has 5 nitrogen and oxygen atoms in total. The van der Waals surface area contributed by atoms with E-state index in [2.05, 4.69) is 0 Å². The number of nitrogens with zero attached hydrogens (tertiary/aromatic N) is 1. The van der Waals surface area contributed by atoms with Gasteiger partial charge in [0.25, 0.3) is 0 Å². The van der Waals surface area contributed by atoms with E-state index >= 15 is 0 Å². The maximum absolute atomic E-state index is 13.3. The summed E-state index contributed by atoms with van der Waals surface area (Å²) in [5, 5.41) is 9.67. The Hall–Kier alpha value is -3.81. The predicted octanol–water partition coefficient (Wildman–Crippen LogP) is 5.97. The highest BCUT2D eigenvalue weighted by Gasteiger charge is 2.35. The van der Waals surface area contributed by atoms with Crippen LogP contribution in [0.15, 0.2) is 72.8 Å². The van der Waals surface area contributed by atoms with Crippen LogP contribution in [-0.2, 0) is 22.1 Å².